The molecule has 5 heteroatoms. The predicted molar refractivity (Wildman–Crippen MR) is 79.1 cm³/mol. The Morgan fingerprint density at radius 3 is 0.947 bits per heavy atom. The van der Waals surface area contributed by atoms with Crippen molar-refractivity contribution in [2.24, 2.45) is 0 Å². The minimum atomic E-state index is 0. The molecule has 0 aromatic heterocycles. The summed E-state index contributed by atoms with van der Waals surface area (Å²) in [5.74, 6) is 0. The fourth-order valence-corrected chi connectivity index (χ4v) is 2.67. The first-order chi connectivity index (χ1) is 8.58. The molecule has 2 aliphatic heterocycles. The fraction of sp³-hybridized carbons (Fsp3) is 1.00. The largest absolute Gasteiger partial charge is 2.00 e. The Morgan fingerprint density at radius 2 is 0.737 bits per heavy atom. The maximum absolute atomic E-state index is 3.41. The van der Waals surface area contributed by atoms with Gasteiger partial charge in [0.25, 0.3) is 0 Å². The van der Waals surface area contributed by atoms with Crippen molar-refractivity contribution in [1.82, 2.24) is 21.3 Å². The minimum absolute atomic E-state index is 0. The normalized spacial score (nSPS) is 36.0. The summed E-state index contributed by atoms with van der Waals surface area (Å²) >= 11 is 0. The van der Waals surface area contributed by atoms with Crippen LogP contribution in [0.3, 0.4) is 0 Å². The molecule has 4 N–H and O–H groups in total. The average Bonchev–Trinajstić information content (AvgIpc) is 2.59. The third-order valence-electron chi connectivity index (χ3n) is 3.64. The van der Waals surface area contributed by atoms with Gasteiger partial charge in [0.05, 0.1) is 0 Å². The summed E-state index contributed by atoms with van der Waals surface area (Å²) in [6.45, 7) is 13.4. The molecule has 0 amide bonds. The van der Waals surface area contributed by atoms with Gasteiger partial charge in [-0.1, -0.05) is 0 Å². The molecule has 4 atom stereocenters. The summed E-state index contributed by atoms with van der Waals surface area (Å²) in [6, 6.07) is 2.76. The maximum atomic E-state index is 3.41. The van der Waals surface area contributed by atoms with Crippen LogP contribution >= 0.6 is 0 Å². The van der Waals surface area contributed by atoms with E-state index in [4.69, 9.17) is 0 Å². The van der Waals surface area contributed by atoms with Crippen LogP contribution in [-0.2, 0) is 16.5 Å². The van der Waals surface area contributed by atoms with Crippen molar-refractivity contribution in [3.05, 3.63) is 0 Å². The number of nitrogens with one attached hydrogen (secondary N) is 4. The number of hydrogen-bond acceptors (Lipinski definition) is 4. The van der Waals surface area contributed by atoms with E-state index in [9.17, 15) is 0 Å². The first kappa shape index (κ1) is 19.3. The molecule has 2 heterocycles. The smallest absolute Gasteiger partial charge is 0.313 e. The fourth-order valence-electron chi connectivity index (χ4n) is 2.67. The quantitative estimate of drug-likeness (QED) is 0.497. The Hall–Kier alpha value is 0.334. The zero-order valence-corrected chi connectivity index (χ0v) is 13.9. The van der Waals surface area contributed by atoms with Gasteiger partial charge in [0.2, 0.25) is 0 Å². The summed E-state index contributed by atoms with van der Waals surface area (Å²) in [5, 5.41) is 13.6. The topological polar surface area (TPSA) is 48.1 Å². The molecule has 0 aromatic carbocycles. The Morgan fingerprint density at radius 1 is 0.526 bits per heavy atom. The summed E-state index contributed by atoms with van der Waals surface area (Å²) < 4.78 is 0. The van der Waals surface area contributed by atoms with Crippen LogP contribution in [-0.4, -0.2) is 50.3 Å². The zero-order chi connectivity index (χ0) is 13.4. The van der Waals surface area contributed by atoms with Crippen LogP contribution in [0.1, 0.15) is 40.5 Å². The van der Waals surface area contributed by atoms with Gasteiger partial charge in [0, 0.05) is 50.3 Å². The molecular weight excluding hydrogens is 283 g/mol. The third kappa shape index (κ3) is 9.81. The molecule has 0 saturated carbocycles. The monoisotopic (exact) mass is 314 g/mol. The molecule has 0 aromatic rings. The van der Waals surface area contributed by atoms with Crippen molar-refractivity contribution in [2.45, 2.75) is 64.7 Å². The zero-order valence-electron chi connectivity index (χ0n) is 12.9. The van der Waals surface area contributed by atoms with Gasteiger partial charge in [-0.15, -0.1) is 0 Å². The molecule has 4 nitrogen and oxygen atoms in total. The van der Waals surface area contributed by atoms with E-state index in [-0.39, 0.29) is 16.5 Å². The number of hydrogen-bond donors (Lipinski definition) is 4. The van der Waals surface area contributed by atoms with Crippen molar-refractivity contribution in [1.29, 1.82) is 0 Å². The second-order valence-corrected chi connectivity index (χ2v) is 5.89. The van der Waals surface area contributed by atoms with E-state index < -0.39 is 0 Å². The van der Waals surface area contributed by atoms with Crippen molar-refractivity contribution >= 4 is 0 Å². The van der Waals surface area contributed by atoms with Crippen molar-refractivity contribution in [3.8, 4) is 0 Å². The van der Waals surface area contributed by atoms with Crippen LogP contribution < -0.4 is 21.3 Å². The van der Waals surface area contributed by atoms with E-state index in [0.717, 1.165) is 26.2 Å². The van der Waals surface area contributed by atoms with Gasteiger partial charge >= 0.3 is 16.5 Å². The van der Waals surface area contributed by atoms with Gasteiger partial charge in [-0.3, -0.25) is 0 Å². The number of rotatable bonds is 0. The van der Waals surface area contributed by atoms with Crippen LogP contribution in [0.5, 0.6) is 0 Å². The van der Waals surface area contributed by atoms with E-state index in [0.29, 0.717) is 24.2 Å². The molecule has 2 saturated heterocycles. The Bertz CT molecular complexity index is 174. The van der Waals surface area contributed by atoms with E-state index in [1.807, 2.05) is 0 Å². The molecule has 2 aliphatic rings. The van der Waals surface area contributed by atoms with Crippen molar-refractivity contribution < 1.29 is 16.5 Å². The Balaban J connectivity index is 0.000000324. The molecule has 0 spiro atoms. The minimum Gasteiger partial charge on any atom is -0.313 e. The van der Waals surface area contributed by atoms with Crippen LogP contribution in [0.25, 0.3) is 0 Å². The standard InChI is InChI=1S/2C7H16N2.Ni/c2*1-6-5-7(2)9-4-3-8-6;/h2*6-9H,3-5H2,1-2H3;/q;;+2. The van der Waals surface area contributed by atoms with Gasteiger partial charge in [0.1, 0.15) is 0 Å². The van der Waals surface area contributed by atoms with Gasteiger partial charge in [0.15, 0.2) is 0 Å². The van der Waals surface area contributed by atoms with Gasteiger partial charge < -0.3 is 21.3 Å². The molecule has 2 rings (SSSR count). The second-order valence-electron chi connectivity index (χ2n) is 5.89. The third-order valence-corrected chi connectivity index (χ3v) is 3.64. The van der Waals surface area contributed by atoms with Crippen molar-refractivity contribution in [3.63, 3.8) is 0 Å². The average molecular weight is 315 g/mol. The first-order valence-corrected chi connectivity index (χ1v) is 7.51. The molecule has 4 unspecified atom stereocenters. The molecule has 2 fully saturated rings. The SMILES string of the molecule is CC1CC(C)NCCN1.CC1CC(C)NCCN1.[Ni+2]. The molecule has 19 heavy (non-hydrogen) atoms. The van der Waals surface area contributed by atoms with E-state index in [2.05, 4.69) is 49.0 Å². The van der Waals surface area contributed by atoms with Crippen LogP contribution in [0.15, 0.2) is 0 Å². The predicted octanol–water partition coefficient (Wildman–Crippen LogP) is 0.690. The summed E-state index contributed by atoms with van der Waals surface area (Å²) in [6.07, 6.45) is 2.50. The first-order valence-electron chi connectivity index (χ1n) is 7.51. The molecule has 116 valence electrons. The van der Waals surface area contributed by atoms with Crippen LogP contribution in [0.4, 0.5) is 0 Å². The Labute approximate surface area is 129 Å². The summed E-state index contributed by atoms with van der Waals surface area (Å²) in [7, 11) is 0. The van der Waals surface area contributed by atoms with Crippen molar-refractivity contribution in [2.75, 3.05) is 26.2 Å². The summed E-state index contributed by atoms with van der Waals surface area (Å²) in [5.41, 5.74) is 0. The summed E-state index contributed by atoms with van der Waals surface area (Å²) in [4.78, 5) is 0. The van der Waals surface area contributed by atoms with Gasteiger partial charge in [-0.05, 0) is 40.5 Å². The van der Waals surface area contributed by atoms with E-state index >= 15 is 0 Å². The van der Waals surface area contributed by atoms with Crippen LogP contribution in [0, 0.1) is 0 Å². The van der Waals surface area contributed by atoms with Crippen LogP contribution in [0.2, 0.25) is 0 Å². The van der Waals surface area contributed by atoms with E-state index in [1.165, 1.54) is 12.8 Å². The molecule has 0 aliphatic carbocycles. The van der Waals surface area contributed by atoms with Gasteiger partial charge in [-0.25, -0.2) is 0 Å². The second kappa shape index (κ2) is 11.0. The Kier molecular flexibility index (Phi) is 11.2. The molecule has 0 bridgehead atoms. The maximum Gasteiger partial charge on any atom is 2.00 e. The van der Waals surface area contributed by atoms with E-state index in [1.54, 1.807) is 0 Å². The molecular formula is C14H32N4Ni+2. The molecule has 0 radical (unpaired) electrons. The van der Waals surface area contributed by atoms with Gasteiger partial charge in [-0.2, -0.15) is 0 Å².